The van der Waals surface area contributed by atoms with E-state index >= 15 is 0 Å². The molecule has 16 heavy (non-hydrogen) atoms. The van der Waals surface area contributed by atoms with Crippen LogP contribution in [0.25, 0.3) is 0 Å². The molecule has 1 aromatic rings. The van der Waals surface area contributed by atoms with Crippen molar-refractivity contribution in [2.75, 3.05) is 6.61 Å². The van der Waals surface area contributed by atoms with Crippen molar-refractivity contribution in [1.29, 1.82) is 0 Å². The Labute approximate surface area is 97.3 Å². The first-order valence-electron chi connectivity index (χ1n) is 6.05. The van der Waals surface area contributed by atoms with Gasteiger partial charge in [-0.15, -0.1) is 0 Å². The van der Waals surface area contributed by atoms with E-state index in [0.29, 0.717) is 0 Å². The maximum absolute atomic E-state index is 10.2. The number of aryl methyl sites for hydroxylation is 2. The van der Waals surface area contributed by atoms with Gasteiger partial charge in [-0.1, -0.05) is 18.2 Å². The SMILES string of the molecule is Cc1ccc(C(O)C2CCCCO2)cc1C. The normalized spacial score (nSPS) is 23.1. The Hall–Kier alpha value is -0.860. The minimum atomic E-state index is -0.473. The molecule has 0 aliphatic carbocycles. The van der Waals surface area contributed by atoms with Crippen LogP contribution in [0.2, 0.25) is 0 Å². The highest BCUT2D eigenvalue weighted by Gasteiger charge is 2.23. The highest BCUT2D eigenvalue weighted by molar-refractivity contribution is 5.31. The summed E-state index contributed by atoms with van der Waals surface area (Å²) in [6, 6.07) is 6.14. The molecular formula is C14H20O2. The highest BCUT2D eigenvalue weighted by Crippen LogP contribution is 2.27. The Kier molecular flexibility index (Phi) is 3.62. The van der Waals surface area contributed by atoms with Crippen molar-refractivity contribution in [2.24, 2.45) is 0 Å². The maximum Gasteiger partial charge on any atom is 0.105 e. The average molecular weight is 220 g/mol. The first-order chi connectivity index (χ1) is 7.68. The fraction of sp³-hybridized carbons (Fsp3) is 0.571. The Morgan fingerprint density at radius 3 is 2.69 bits per heavy atom. The van der Waals surface area contributed by atoms with Crippen LogP contribution in [0.1, 0.15) is 42.1 Å². The number of benzene rings is 1. The van der Waals surface area contributed by atoms with Crippen molar-refractivity contribution in [3.8, 4) is 0 Å². The summed E-state index contributed by atoms with van der Waals surface area (Å²) in [6.07, 6.45) is 2.76. The zero-order valence-corrected chi connectivity index (χ0v) is 10.1. The van der Waals surface area contributed by atoms with Crippen LogP contribution < -0.4 is 0 Å². The molecule has 1 aromatic carbocycles. The van der Waals surface area contributed by atoms with Gasteiger partial charge in [-0.3, -0.25) is 0 Å². The molecular weight excluding hydrogens is 200 g/mol. The van der Waals surface area contributed by atoms with Gasteiger partial charge in [0.05, 0.1) is 6.10 Å². The zero-order chi connectivity index (χ0) is 11.5. The van der Waals surface area contributed by atoms with Crippen molar-refractivity contribution in [3.05, 3.63) is 34.9 Å². The number of rotatable bonds is 2. The summed E-state index contributed by atoms with van der Waals surface area (Å²) in [4.78, 5) is 0. The van der Waals surface area contributed by atoms with Crippen LogP contribution in [0.15, 0.2) is 18.2 Å². The third-order valence-corrected chi connectivity index (χ3v) is 3.44. The Balaban J connectivity index is 2.12. The molecule has 0 amide bonds. The van der Waals surface area contributed by atoms with Crippen LogP contribution in [0, 0.1) is 13.8 Å². The average Bonchev–Trinajstić information content (AvgIpc) is 2.33. The molecule has 2 atom stereocenters. The minimum Gasteiger partial charge on any atom is -0.386 e. The first-order valence-corrected chi connectivity index (χ1v) is 6.05. The zero-order valence-electron chi connectivity index (χ0n) is 10.1. The summed E-state index contributed by atoms with van der Waals surface area (Å²) in [5.74, 6) is 0. The molecule has 2 heteroatoms. The van der Waals surface area contributed by atoms with E-state index in [-0.39, 0.29) is 6.10 Å². The number of hydrogen-bond donors (Lipinski definition) is 1. The van der Waals surface area contributed by atoms with E-state index in [1.165, 1.54) is 11.1 Å². The smallest absolute Gasteiger partial charge is 0.105 e. The molecule has 1 fully saturated rings. The van der Waals surface area contributed by atoms with Gasteiger partial charge < -0.3 is 9.84 Å². The van der Waals surface area contributed by atoms with Crippen LogP contribution in [0.4, 0.5) is 0 Å². The Bertz CT molecular complexity index is 354. The fourth-order valence-corrected chi connectivity index (χ4v) is 2.18. The predicted octanol–water partition coefficient (Wildman–Crippen LogP) is 2.91. The second-order valence-corrected chi connectivity index (χ2v) is 4.69. The largest absolute Gasteiger partial charge is 0.386 e. The maximum atomic E-state index is 10.2. The summed E-state index contributed by atoms with van der Waals surface area (Å²) < 4.78 is 5.61. The molecule has 1 saturated heterocycles. The summed E-state index contributed by atoms with van der Waals surface area (Å²) in [6.45, 7) is 4.95. The third-order valence-electron chi connectivity index (χ3n) is 3.44. The second-order valence-electron chi connectivity index (χ2n) is 4.69. The standard InChI is InChI=1S/C14H20O2/c1-10-6-7-12(9-11(10)2)14(15)13-5-3-4-8-16-13/h6-7,9,13-15H,3-5,8H2,1-2H3. The van der Waals surface area contributed by atoms with Crippen molar-refractivity contribution in [2.45, 2.75) is 45.3 Å². The second kappa shape index (κ2) is 4.98. The minimum absolute atomic E-state index is 0.0177. The van der Waals surface area contributed by atoms with Crippen LogP contribution in [0.3, 0.4) is 0 Å². The number of aliphatic hydroxyl groups is 1. The number of hydrogen-bond acceptors (Lipinski definition) is 2. The quantitative estimate of drug-likeness (QED) is 0.830. The molecule has 1 aliphatic heterocycles. The molecule has 1 heterocycles. The van der Waals surface area contributed by atoms with Crippen LogP contribution in [0.5, 0.6) is 0 Å². The van der Waals surface area contributed by atoms with Crippen LogP contribution >= 0.6 is 0 Å². The predicted molar refractivity (Wildman–Crippen MR) is 64.5 cm³/mol. The molecule has 2 nitrogen and oxygen atoms in total. The fourth-order valence-electron chi connectivity index (χ4n) is 2.18. The van der Waals surface area contributed by atoms with Gasteiger partial charge in [0, 0.05) is 6.61 Å². The lowest BCUT2D eigenvalue weighted by Gasteiger charge is -2.27. The molecule has 0 radical (unpaired) electrons. The molecule has 0 saturated carbocycles. The van der Waals surface area contributed by atoms with E-state index < -0.39 is 6.10 Å². The van der Waals surface area contributed by atoms with Crippen LogP contribution in [-0.2, 0) is 4.74 Å². The topological polar surface area (TPSA) is 29.5 Å². The number of aliphatic hydroxyl groups excluding tert-OH is 1. The Morgan fingerprint density at radius 2 is 2.06 bits per heavy atom. The molecule has 0 aromatic heterocycles. The molecule has 1 aliphatic rings. The Morgan fingerprint density at radius 1 is 1.25 bits per heavy atom. The van der Waals surface area contributed by atoms with Gasteiger partial charge in [-0.05, 0) is 49.8 Å². The lowest BCUT2D eigenvalue weighted by atomic mass is 9.96. The summed E-state index contributed by atoms with van der Waals surface area (Å²) in [7, 11) is 0. The van der Waals surface area contributed by atoms with E-state index in [0.717, 1.165) is 31.4 Å². The van der Waals surface area contributed by atoms with Crippen LogP contribution in [-0.4, -0.2) is 17.8 Å². The van der Waals surface area contributed by atoms with Gasteiger partial charge in [-0.2, -0.15) is 0 Å². The monoisotopic (exact) mass is 220 g/mol. The van der Waals surface area contributed by atoms with Crippen molar-refractivity contribution in [1.82, 2.24) is 0 Å². The number of ether oxygens (including phenoxy) is 1. The van der Waals surface area contributed by atoms with Crippen molar-refractivity contribution < 1.29 is 9.84 Å². The molecule has 0 bridgehead atoms. The third kappa shape index (κ3) is 2.45. The van der Waals surface area contributed by atoms with Gasteiger partial charge in [0.2, 0.25) is 0 Å². The van der Waals surface area contributed by atoms with Gasteiger partial charge in [0.15, 0.2) is 0 Å². The lowest BCUT2D eigenvalue weighted by molar-refractivity contribution is -0.0633. The van der Waals surface area contributed by atoms with E-state index in [1.54, 1.807) is 0 Å². The molecule has 0 spiro atoms. The molecule has 88 valence electrons. The molecule has 2 unspecified atom stereocenters. The van der Waals surface area contributed by atoms with Gasteiger partial charge >= 0.3 is 0 Å². The van der Waals surface area contributed by atoms with E-state index in [4.69, 9.17) is 4.74 Å². The van der Waals surface area contributed by atoms with Crippen molar-refractivity contribution >= 4 is 0 Å². The summed E-state index contributed by atoms with van der Waals surface area (Å²) in [5.41, 5.74) is 3.47. The summed E-state index contributed by atoms with van der Waals surface area (Å²) >= 11 is 0. The highest BCUT2D eigenvalue weighted by atomic mass is 16.5. The van der Waals surface area contributed by atoms with E-state index in [9.17, 15) is 5.11 Å². The van der Waals surface area contributed by atoms with E-state index in [2.05, 4.69) is 26.0 Å². The first kappa shape index (κ1) is 11.6. The summed E-state index contributed by atoms with van der Waals surface area (Å²) in [5, 5.41) is 10.2. The molecule has 2 rings (SSSR count). The van der Waals surface area contributed by atoms with Gasteiger partial charge in [0.1, 0.15) is 6.10 Å². The molecule has 1 N–H and O–H groups in total. The van der Waals surface area contributed by atoms with E-state index in [1.807, 2.05) is 6.07 Å². The van der Waals surface area contributed by atoms with Gasteiger partial charge in [-0.25, -0.2) is 0 Å². The van der Waals surface area contributed by atoms with Crippen molar-refractivity contribution in [3.63, 3.8) is 0 Å². The lowest BCUT2D eigenvalue weighted by Crippen LogP contribution is -2.26. The van der Waals surface area contributed by atoms with Gasteiger partial charge in [0.25, 0.3) is 0 Å².